The third-order valence-corrected chi connectivity index (χ3v) is 3.97. The van der Waals surface area contributed by atoms with Crippen LogP contribution in [0, 0.1) is 0 Å². The van der Waals surface area contributed by atoms with Crippen LogP contribution < -0.4 is 5.73 Å². The zero-order chi connectivity index (χ0) is 17.5. The molecule has 0 aliphatic carbocycles. The van der Waals surface area contributed by atoms with Crippen molar-refractivity contribution in [1.29, 1.82) is 0 Å². The lowest BCUT2D eigenvalue weighted by Gasteiger charge is -2.13. The van der Waals surface area contributed by atoms with Gasteiger partial charge < -0.3 is 5.73 Å². The first-order valence-corrected chi connectivity index (χ1v) is 7.88. The van der Waals surface area contributed by atoms with Gasteiger partial charge in [0.15, 0.2) is 5.82 Å². The Balaban J connectivity index is 2.17. The van der Waals surface area contributed by atoms with Crippen LogP contribution in [0.15, 0.2) is 29.3 Å². The molecule has 124 valence electrons. The number of primary amides is 1. The Hall–Kier alpha value is -2.42. The Labute approximate surface area is 145 Å². The number of pyridine rings is 1. The van der Waals surface area contributed by atoms with Crippen LogP contribution >= 0.6 is 15.9 Å². The number of aromatic nitrogens is 5. The van der Waals surface area contributed by atoms with Gasteiger partial charge in [-0.3, -0.25) is 14.8 Å². The summed E-state index contributed by atoms with van der Waals surface area (Å²) < 4.78 is 16.2. The van der Waals surface area contributed by atoms with E-state index < -0.39 is 11.6 Å². The summed E-state index contributed by atoms with van der Waals surface area (Å²) in [5, 5.41) is 5.09. The van der Waals surface area contributed by atoms with Gasteiger partial charge in [-0.2, -0.15) is 5.10 Å². The number of alkyl halides is 1. The summed E-state index contributed by atoms with van der Waals surface area (Å²) in [5.41, 5.74) is 4.97. The molecule has 0 aliphatic rings. The molecule has 0 radical (unpaired) electrons. The Morgan fingerprint density at radius 3 is 2.79 bits per heavy atom. The predicted molar refractivity (Wildman–Crippen MR) is 89.2 cm³/mol. The van der Waals surface area contributed by atoms with Crippen LogP contribution in [0.1, 0.15) is 25.2 Å². The lowest BCUT2D eigenvalue weighted by molar-refractivity contribution is -0.117. The summed E-state index contributed by atoms with van der Waals surface area (Å²) in [7, 11) is 0. The highest BCUT2D eigenvalue weighted by Gasteiger charge is 2.22. The van der Waals surface area contributed by atoms with Crippen molar-refractivity contribution in [3.63, 3.8) is 0 Å². The van der Waals surface area contributed by atoms with E-state index in [9.17, 15) is 9.18 Å². The summed E-state index contributed by atoms with van der Waals surface area (Å²) in [6, 6.07) is 1.70. The molecule has 2 N–H and O–H groups in total. The van der Waals surface area contributed by atoms with E-state index in [-0.39, 0.29) is 12.1 Å². The number of hydrogen-bond acceptors (Lipinski definition) is 5. The van der Waals surface area contributed by atoms with Crippen LogP contribution in [0.3, 0.4) is 0 Å². The van der Waals surface area contributed by atoms with Crippen LogP contribution in [-0.2, 0) is 16.9 Å². The molecule has 0 saturated heterocycles. The zero-order valence-corrected chi connectivity index (χ0v) is 14.6. The normalized spacial score (nSPS) is 11.8. The summed E-state index contributed by atoms with van der Waals surface area (Å²) >= 11 is 3.36. The Kier molecular flexibility index (Phi) is 4.04. The molecule has 3 rings (SSSR count). The second kappa shape index (κ2) is 5.90. The van der Waals surface area contributed by atoms with E-state index in [2.05, 4.69) is 36.0 Å². The molecule has 1 amide bonds. The average molecular weight is 393 g/mol. The average Bonchev–Trinajstić information content (AvgIpc) is 2.83. The fourth-order valence-corrected chi connectivity index (χ4v) is 2.67. The van der Waals surface area contributed by atoms with Crippen molar-refractivity contribution in [1.82, 2.24) is 24.7 Å². The van der Waals surface area contributed by atoms with Gasteiger partial charge in [-0.15, -0.1) is 0 Å². The van der Waals surface area contributed by atoms with Gasteiger partial charge in [0.25, 0.3) is 0 Å². The van der Waals surface area contributed by atoms with Crippen LogP contribution in [-0.4, -0.2) is 30.6 Å². The Morgan fingerprint density at radius 1 is 1.38 bits per heavy atom. The molecule has 0 saturated carbocycles. The highest BCUT2D eigenvalue weighted by Crippen LogP contribution is 2.27. The van der Waals surface area contributed by atoms with Crippen molar-refractivity contribution in [3.05, 3.63) is 40.6 Å². The molecule has 0 fully saturated rings. The SMILES string of the molecule is CC(C)(F)c1cncc(-n2nc(Br)c3cnc(CC(N)=O)cc32)n1. The van der Waals surface area contributed by atoms with Crippen molar-refractivity contribution in [2.24, 2.45) is 5.73 Å². The van der Waals surface area contributed by atoms with Crippen LogP contribution in [0.2, 0.25) is 0 Å². The van der Waals surface area contributed by atoms with Crippen molar-refractivity contribution >= 4 is 32.7 Å². The maximum Gasteiger partial charge on any atom is 0.223 e. The first-order valence-electron chi connectivity index (χ1n) is 7.09. The second-order valence-corrected chi connectivity index (χ2v) is 6.52. The van der Waals surface area contributed by atoms with Crippen molar-refractivity contribution in [3.8, 4) is 5.82 Å². The van der Waals surface area contributed by atoms with Crippen LogP contribution in [0.5, 0.6) is 0 Å². The molecule has 24 heavy (non-hydrogen) atoms. The van der Waals surface area contributed by atoms with Crippen LogP contribution in [0.25, 0.3) is 16.7 Å². The minimum Gasteiger partial charge on any atom is -0.369 e. The molecule has 0 spiro atoms. The molecule has 3 aromatic rings. The van der Waals surface area contributed by atoms with E-state index in [1.807, 2.05) is 0 Å². The number of rotatable bonds is 4. The third-order valence-electron chi connectivity index (χ3n) is 3.38. The van der Waals surface area contributed by atoms with Gasteiger partial charge in [-0.25, -0.2) is 14.1 Å². The molecular weight excluding hydrogens is 379 g/mol. The minimum absolute atomic E-state index is 0.0158. The van der Waals surface area contributed by atoms with Gasteiger partial charge in [0, 0.05) is 6.20 Å². The molecule has 0 aliphatic heterocycles. The lowest BCUT2D eigenvalue weighted by atomic mass is 10.1. The van der Waals surface area contributed by atoms with E-state index in [1.165, 1.54) is 30.9 Å². The lowest BCUT2D eigenvalue weighted by Crippen LogP contribution is -2.15. The topological polar surface area (TPSA) is 99.6 Å². The van der Waals surface area contributed by atoms with E-state index in [1.54, 1.807) is 12.3 Å². The number of nitrogens with zero attached hydrogens (tertiary/aromatic N) is 5. The maximum absolute atomic E-state index is 14.1. The highest BCUT2D eigenvalue weighted by molar-refractivity contribution is 9.10. The van der Waals surface area contributed by atoms with Gasteiger partial charge >= 0.3 is 0 Å². The second-order valence-electron chi connectivity index (χ2n) is 5.77. The summed E-state index contributed by atoms with van der Waals surface area (Å²) in [5.74, 6) is -0.113. The highest BCUT2D eigenvalue weighted by atomic mass is 79.9. The van der Waals surface area contributed by atoms with Gasteiger partial charge in [-0.1, -0.05) is 0 Å². The molecule has 0 aromatic carbocycles. The fourth-order valence-electron chi connectivity index (χ4n) is 2.21. The minimum atomic E-state index is -1.62. The Bertz CT molecular complexity index is 933. The zero-order valence-electron chi connectivity index (χ0n) is 13.0. The van der Waals surface area contributed by atoms with E-state index >= 15 is 0 Å². The van der Waals surface area contributed by atoms with Gasteiger partial charge in [0.1, 0.15) is 10.3 Å². The quantitative estimate of drug-likeness (QED) is 0.733. The van der Waals surface area contributed by atoms with Crippen molar-refractivity contribution in [2.45, 2.75) is 25.9 Å². The fraction of sp³-hybridized carbons (Fsp3) is 0.267. The van der Waals surface area contributed by atoms with Crippen LogP contribution in [0.4, 0.5) is 4.39 Å². The molecule has 3 aromatic heterocycles. The number of carbonyl (C=O) groups is 1. The monoisotopic (exact) mass is 392 g/mol. The first kappa shape index (κ1) is 16.4. The number of halogens is 2. The molecule has 0 atom stereocenters. The molecular formula is C15H14BrFN6O. The van der Waals surface area contributed by atoms with Crippen molar-refractivity contribution in [2.75, 3.05) is 0 Å². The first-order chi connectivity index (χ1) is 11.3. The van der Waals surface area contributed by atoms with Crippen molar-refractivity contribution < 1.29 is 9.18 Å². The summed E-state index contributed by atoms with van der Waals surface area (Å²) in [4.78, 5) is 23.6. The predicted octanol–water partition coefficient (Wildman–Crippen LogP) is 2.21. The largest absolute Gasteiger partial charge is 0.369 e. The summed E-state index contributed by atoms with van der Waals surface area (Å²) in [6.07, 6.45) is 4.48. The smallest absolute Gasteiger partial charge is 0.223 e. The van der Waals surface area contributed by atoms with E-state index in [0.717, 1.165) is 5.39 Å². The molecule has 3 heterocycles. The maximum atomic E-state index is 14.1. The van der Waals surface area contributed by atoms with Gasteiger partial charge in [0.2, 0.25) is 5.91 Å². The number of hydrogen-bond donors (Lipinski definition) is 1. The molecule has 0 unspecified atom stereocenters. The number of amides is 1. The standard InChI is InChI=1S/C15H14BrFN6O/c1-15(2,17)11-6-19-7-13(21-11)23-10-3-8(4-12(18)24)20-5-9(10)14(16)22-23/h3,5-7H,4H2,1-2H3,(H2,18,24). The number of nitrogens with two attached hydrogens (primary N) is 1. The molecule has 7 nitrogen and oxygen atoms in total. The number of carbonyl (C=O) groups excluding carboxylic acids is 1. The van der Waals surface area contributed by atoms with Gasteiger partial charge in [0.05, 0.1) is 41.1 Å². The van der Waals surface area contributed by atoms with Gasteiger partial charge in [-0.05, 0) is 35.8 Å². The molecule has 0 bridgehead atoms. The summed E-state index contributed by atoms with van der Waals surface area (Å²) in [6.45, 7) is 2.82. The Morgan fingerprint density at radius 2 is 2.12 bits per heavy atom. The molecule has 9 heteroatoms. The van der Waals surface area contributed by atoms with E-state index in [0.29, 0.717) is 21.6 Å². The van der Waals surface area contributed by atoms with E-state index in [4.69, 9.17) is 5.73 Å². The number of fused-ring (bicyclic) bond motifs is 1. The third kappa shape index (κ3) is 3.12.